The summed E-state index contributed by atoms with van der Waals surface area (Å²) >= 11 is 0. The molecular weight excluding hydrogens is 368 g/mol. The van der Waals surface area contributed by atoms with Crippen LogP contribution in [0.25, 0.3) is 0 Å². The van der Waals surface area contributed by atoms with Crippen molar-refractivity contribution < 1.29 is 14.3 Å². The molecule has 6 nitrogen and oxygen atoms in total. The van der Waals surface area contributed by atoms with Crippen molar-refractivity contribution in [2.45, 2.75) is 13.1 Å². The minimum atomic E-state index is -0.313. The van der Waals surface area contributed by atoms with Crippen molar-refractivity contribution in [1.82, 2.24) is 9.47 Å². The highest BCUT2D eigenvalue weighted by molar-refractivity contribution is 5.93. The van der Waals surface area contributed by atoms with E-state index in [9.17, 15) is 9.59 Å². The molecule has 0 unspecified atom stereocenters. The van der Waals surface area contributed by atoms with E-state index in [1.165, 1.54) is 4.90 Å². The van der Waals surface area contributed by atoms with Crippen molar-refractivity contribution in [3.05, 3.63) is 93.9 Å². The minimum Gasteiger partial charge on any atom is -0.486 e. The first kappa shape index (κ1) is 18.8. The van der Waals surface area contributed by atoms with Crippen molar-refractivity contribution in [3.8, 4) is 11.5 Å². The van der Waals surface area contributed by atoms with Crippen LogP contribution in [0, 0.1) is 0 Å². The fraction of sp³-hybridized carbons (Fsp3) is 0.217. The predicted molar refractivity (Wildman–Crippen MR) is 109 cm³/mol. The SMILES string of the molecule is CN(Cc1ccc2c(c1)OCCO2)C(=O)c1cccn(Cc2ccccc2)c1=O. The lowest BCUT2D eigenvalue weighted by Crippen LogP contribution is -2.34. The van der Waals surface area contributed by atoms with E-state index in [1.807, 2.05) is 48.5 Å². The van der Waals surface area contributed by atoms with Crippen molar-refractivity contribution >= 4 is 5.91 Å². The zero-order valence-electron chi connectivity index (χ0n) is 16.2. The first-order valence-electron chi connectivity index (χ1n) is 9.49. The topological polar surface area (TPSA) is 60.8 Å². The molecule has 1 aliphatic rings. The van der Waals surface area contributed by atoms with Gasteiger partial charge in [-0.25, -0.2) is 0 Å². The van der Waals surface area contributed by atoms with Crippen molar-refractivity contribution in [2.75, 3.05) is 20.3 Å². The van der Waals surface area contributed by atoms with Gasteiger partial charge in [-0.1, -0.05) is 36.4 Å². The maximum atomic E-state index is 12.9. The van der Waals surface area contributed by atoms with Crippen LogP contribution < -0.4 is 15.0 Å². The van der Waals surface area contributed by atoms with Gasteiger partial charge in [0.25, 0.3) is 11.5 Å². The number of ether oxygens (including phenoxy) is 2. The van der Waals surface area contributed by atoms with Gasteiger partial charge in [0.2, 0.25) is 0 Å². The second kappa shape index (κ2) is 8.22. The largest absolute Gasteiger partial charge is 0.486 e. The summed E-state index contributed by atoms with van der Waals surface area (Å²) in [6.45, 7) is 1.83. The Balaban J connectivity index is 1.51. The fourth-order valence-electron chi connectivity index (χ4n) is 3.34. The number of rotatable bonds is 5. The minimum absolute atomic E-state index is 0.156. The van der Waals surface area contributed by atoms with Crippen LogP contribution in [0.3, 0.4) is 0 Å². The van der Waals surface area contributed by atoms with Crippen molar-refractivity contribution in [2.24, 2.45) is 0 Å². The summed E-state index contributed by atoms with van der Waals surface area (Å²) in [4.78, 5) is 27.3. The maximum Gasteiger partial charge on any atom is 0.263 e. The molecule has 1 aliphatic heterocycles. The second-order valence-electron chi connectivity index (χ2n) is 6.98. The number of carbonyl (C=O) groups is 1. The summed E-state index contributed by atoms with van der Waals surface area (Å²) in [7, 11) is 1.69. The molecule has 6 heteroatoms. The molecule has 0 saturated carbocycles. The average molecular weight is 390 g/mol. The van der Waals surface area contributed by atoms with E-state index in [4.69, 9.17) is 9.47 Å². The lowest BCUT2D eigenvalue weighted by atomic mass is 10.1. The smallest absolute Gasteiger partial charge is 0.263 e. The molecule has 0 saturated heterocycles. The molecule has 0 N–H and O–H groups in total. The zero-order chi connectivity index (χ0) is 20.2. The fourth-order valence-corrected chi connectivity index (χ4v) is 3.34. The number of benzene rings is 2. The Morgan fingerprint density at radius 3 is 2.52 bits per heavy atom. The third kappa shape index (κ3) is 4.16. The lowest BCUT2D eigenvalue weighted by molar-refractivity contribution is 0.0782. The summed E-state index contributed by atoms with van der Waals surface area (Å²) in [5.41, 5.74) is 1.77. The molecule has 0 radical (unpaired) electrons. The van der Waals surface area contributed by atoms with Gasteiger partial charge in [-0.15, -0.1) is 0 Å². The van der Waals surface area contributed by atoms with E-state index >= 15 is 0 Å². The monoisotopic (exact) mass is 390 g/mol. The Hall–Kier alpha value is -3.54. The molecule has 0 fully saturated rings. The first-order chi connectivity index (χ1) is 14.1. The normalized spacial score (nSPS) is 12.4. The van der Waals surface area contributed by atoms with E-state index in [2.05, 4.69) is 0 Å². The molecule has 1 aromatic heterocycles. The van der Waals surface area contributed by atoms with E-state index in [1.54, 1.807) is 29.9 Å². The van der Waals surface area contributed by atoms with Crippen LogP contribution in [-0.4, -0.2) is 35.6 Å². The van der Waals surface area contributed by atoms with Crippen LogP contribution in [0.2, 0.25) is 0 Å². The highest BCUT2D eigenvalue weighted by Crippen LogP contribution is 2.31. The molecule has 148 valence electrons. The van der Waals surface area contributed by atoms with Gasteiger partial charge >= 0.3 is 0 Å². The van der Waals surface area contributed by atoms with Crippen molar-refractivity contribution in [1.29, 1.82) is 0 Å². The second-order valence-corrected chi connectivity index (χ2v) is 6.98. The summed E-state index contributed by atoms with van der Waals surface area (Å²) < 4.78 is 12.7. The quantitative estimate of drug-likeness (QED) is 0.672. The average Bonchev–Trinajstić information content (AvgIpc) is 2.75. The van der Waals surface area contributed by atoms with E-state index < -0.39 is 0 Å². The number of hydrogen-bond acceptors (Lipinski definition) is 4. The van der Waals surface area contributed by atoms with Gasteiger partial charge in [0, 0.05) is 19.8 Å². The molecule has 4 rings (SSSR count). The molecule has 0 spiro atoms. The molecule has 3 aromatic rings. The third-order valence-corrected chi connectivity index (χ3v) is 4.82. The Morgan fingerprint density at radius 2 is 1.72 bits per heavy atom. The van der Waals surface area contributed by atoms with Gasteiger partial charge in [0.05, 0.1) is 6.54 Å². The summed E-state index contributed by atoms with van der Waals surface area (Å²) in [5, 5.41) is 0. The van der Waals surface area contributed by atoms with Crippen LogP contribution in [0.1, 0.15) is 21.5 Å². The molecule has 2 heterocycles. The summed E-state index contributed by atoms with van der Waals surface area (Å²) in [6.07, 6.45) is 1.70. The summed E-state index contributed by atoms with van der Waals surface area (Å²) in [6, 6.07) is 18.6. The predicted octanol–water partition coefficient (Wildman–Crippen LogP) is 2.94. The van der Waals surface area contributed by atoms with Crippen LogP contribution in [0.5, 0.6) is 11.5 Å². The number of amides is 1. The summed E-state index contributed by atoms with van der Waals surface area (Å²) in [5.74, 6) is 1.08. The standard InChI is InChI=1S/C23H22N2O4/c1-24(15-18-9-10-20-21(14-18)29-13-12-28-20)22(26)19-8-5-11-25(23(19)27)16-17-6-3-2-4-7-17/h2-11,14H,12-13,15-16H2,1H3. The number of pyridine rings is 1. The van der Waals surface area contributed by atoms with E-state index in [0.717, 1.165) is 11.1 Å². The molecular formula is C23H22N2O4. The molecule has 29 heavy (non-hydrogen) atoms. The van der Waals surface area contributed by atoms with Gasteiger partial charge in [-0.3, -0.25) is 9.59 Å². The van der Waals surface area contributed by atoms with Crippen LogP contribution in [-0.2, 0) is 13.1 Å². The molecule has 2 aromatic carbocycles. The van der Waals surface area contributed by atoms with E-state index in [0.29, 0.717) is 37.8 Å². The highest BCUT2D eigenvalue weighted by Gasteiger charge is 2.18. The molecule has 1 amide bonds. The van der Waals surface area contributed by atoms with Gasteiger partial charge < -0.3 is 18.9 Å². The van der Waals surface area contributed by atoms with Gasteiger partial charge in [-0.05, 0) is 35.4 Å². The van der Waals surface area contributed by atoms with E-state index in [-0.39, 0.29) is 17.0 Å². The van der Waals surface area contributed by atoms with Crippen LogP contribution >= 0.6 is 0 Å². The number of carbonyl (C=O) groups excluding carboxylic acids is 1. The van der Waals surface area contributed by atoms with Gasteiger partial charge in [-0.2, -0.15) is 0 Å². The number of hydrogen-bond donors (Lipinski definition) is 0. The van der Waals surface area contributed by atoms with Gasteiger partial charge in [0.15, 0.2) is 11.5 Å². The number of aromatic nitrogens is 1. The molecule has 0 atom stereocenters. The Labute approximate surface area is 168 Å². The van der Waals surface area contributed by atoms with Crippen molar-refractivity contribution in [3.63, 3.8) is 0 Å². The maximum absolute atomic E-state index is 12.9. The van der Waals surface area contributed by atoms with Gasteiger partial charge in [0.1, 0.15) is 18.8 Å². The van der Waals surface area contributed by atoms with Crippen LogP contribution in [0.4, 0.5) is 0 Å². The Bertz CT molecular complexity index is 1080. The Kier molecular flexibility index (Phi) is 5.33. The number of fused-ring (bicyclic) bond motifs is 1. The van der Waals surface area contributed by atoms with Crippen LogP contribution in [0.15, 0.2) is 71.7 Å². The first-order valence-corrected chi connectivity index (χ1v) is 9.49. The molecule has 0 bridgehead atoms. The lowest BCUT2D eigenvalue weighted by Gasteiger charge is -2.21. The number of nitrogens with zero attached hydrogens (tertiary/aromatic N) is 2. The highest BCUT2D eigenvalue weighted by atomic mass is 16.6. The Morgan fingerprint density at radius 1 is 0.966 bits per heavy atom. The third-order valence-electron chi connectivity index (χ3n) is 4.82. The molecule has 0 aliphatic carbocycles. The zero-order valence-corrected chi connectivity index (χ0v) is 16.2.